The summed E-state index contributed by atoms with van der Waals surface area (Å²) in [5.41, 5.74) is 1.04. The van der Waals surface area contributed by atoms with Crippen LogP contribution in [0.1, 0.15) is 51.7 Å². The van der Waals surface area contributed by atoms with Crippen molar-refractivity contribution in [1.29, 1.82) is 0 Å². The Labute approximate surface area is 110 Å². The van der Waals surface area contributed by atoms with Crippen LogP contribution in [-0.4, -0.2) is 15.6 Å². The highest BCUT2D eigenvalue weighted by Crippen LogP contribution is 2.25. The van der Waals surface area contributed by atoms with Gasteiger partial charge in [0.1, 0.15) is 0 Å². The molecule has 1 aromatic rings. The quantitative estimate of drug-likeness (QED) is 0.756. The molecule has 0 radical (unpaired) electrons. The molecule has 0 bridgehead atoms. The number of thioether (sulfide) groups is 1. The largest absolute Gasteiger partial charge is 0.388 e. The van der Waals surface area contributed by atoms with Gasteiger partial charge in [0, 0.05) is 4.75 Å². The van der Waals surface area contributed by atoms with Gasteiger partial charge >= 0.3 is 0 Å². The van der Waals surface area contributed by atoms with Crippen molar-refractivity contribution in [2.45, 2.75) is 50.9 Å². The van der Waals surface area contributed by atoms with Gasteiger partial charge in [-0.1, -0.05) is 51.1 Å². The summed E-state index contributed by atoms with van der Waals surface area (Å²) in [6.07, 6.45) is 2.86. The molecule has 1 unspecified atom stereocenters. The van der Waals surface area contributed by atoms with Crippen LogP contribution in [0.3, 0.4) is 0 Å². The molecule has 0 fully saturated rings. The first-order valence-electron chi connectivity index (χ1n) is 6.36. The molecule has 96 valence electrons. The van der Waals surface area contributed by atoms with Crippen LogP contribution in [0.2, 0.25) is 0 Å². The molecular weight excluding hydrogens is 228 g/mol. The average Bonchev–Trinajstić information content (AvgIpc) is 2.28. The van der Waals surface area contributed by atoms with Crippen molar-refractivity contribution >= 4 is 11.8 Å². The molecule has 0 aliphatic rings. The molecule has 1 atom stereocenters. The molecule has 0 saturated carbocycles. The lowest BCUT2D eigenvalue weighted by Crippen LogP contribution is -2.08. The summed E-state index contributed by atoms with van der Waals surface area (Å²) in [5.74, 6) is 1.19. The highest BCUT2D eigenvalue weighted by Gasteiger charge is 2.10. The minimum atomic E-state index is -0.296. The molecule has 0 saturated heterocycles. The summed E-state index contributed by atoms with van der Waals surface area (Å²) < 4.78 is 0.359. The van der Waals surface area contributed by atoms with Crippen LogP contribution >= 0.6 is 11.8 Å². The number of hydrogen-bond donors (Lipinski definition) is 1. The lowest BCUT2D eigenvalue weighted by Gasteiger charge is -2.17. The van der Waals surface area contributed by atoms with Crippen LogP contribution in [0.4, 0.5) is 0 Å². The molecule has 1 aromatic carbocycles. The van der Waals surface area contributed by atoms with E-state index in [1.165, 1.54) is 12.2 Å². The third-order valence-corrected chi connectivity index (χ3v) is 3.95. The summed E-state index contributed by atoms with van der Waals surface area (Å²) in [5, 5.41) is 9.97. The summed E-state index contributed by atoms with van der Waals surface area (Å²) in [7, 11) is 0. The van der Waals surface area contributed by atoms with Crippen LogP contribution in [0.25, 0.3) is 0 Å². The third-order valence-electron chi connectivity index (χ3n) is 2.59. The first kappa shape index (κ1) is 14.6. The topological polar surface area (TPSA) is 20.2 Å². The van der Waals surface area contributed by atoms with E-state index in [-0.39, 0.29) is 6.10 Å². The summed E-state index contributed by atoms with van der Waals surface area (Å²) >= 11 is 2.00. The SMILES string of the molecule is CC(C)(C)SCCCCC(O)c1ccccc1. The number of unbranched alkanes of at least 4 members (excludes halogenated alkanes) is 1. The van der Waals surface area contributed by atoms with Crippen molar-refractivity contribution in [1.82, 2.24) is 0 Å². The van der Waals surface area contributed by atoms with Gasteiger partial charge in [0.25, 0.3) is 0 Å². The van der Waals surface area contributed by atoms with E-state index in [4.69, 9.17) is 0 Å². The maximum atomic E-state index is 9.97. The van der Waals surface area contributed by atoms with Crippen LogP contribution in [0, 0.1) is 0 Å². The Morgan fingerprint density at radius 1 is 1.12 bits per heavy atom. The zero-order valence-corrected chi connectivity index (χ0v) is 12.0. The van der Waals surface area contributed by atoms with Gasteiger partial charge in [-0.05, 0) is 30.6 Å². The number of rotatable bonds is 6. The Hall–Kier alpha value is -0.470. The number of aliphatic hydroxyl groups excluding tert-OH is 1. The maximum Gasteiger partial charge on any atom is 0.0790 e. The predicted molar refractivity (Wildman–Crippen MR) is 77.5 cm³/mol. The second kappa shape index (κ2) is 7.07. The Kier molecular flexibility index (Phi) is 6.07. The molecule has 1 nitrogen and oxygen atoms in total. The first-order chi connectivity index (χ1) is 7.99. The van der Waals surface area contributed by atoms with Gasteiger partial charge in [-0.15, -0.1) is 0 Å². The Morgan fingerprint density at radius 3 is 2.35 bits per heavy atom. The maximum absolute atomic E-state index is 9.97. The van der Waals surface area contributed by atoms with E-state index in [1.54, 1.807) is 0 Å². The van der Waals surface area contributed by atoms with Crippen molar-refractivity contribution in [3.05, 3.63) is 35.9 Å². The van der Waals surface area contributed by atoms with E-state index in [0.717, 1.165) is 18.4 Å². The predicted octanol–water partition coefficient (Wildman–Crippen LogP) is 4.42. The van der Waals surface area contributed by atoms with E-state index in [0.29, 0.717) is 4.75 Å². The fourth-order valence-corrected chi connectivity index (χ4v) is 2.62. The Bertz CT molecular complexity index is 302. The highest BCUT2D eigenvalue weighted by atomic mass is 32.2. The average molecular weight is 252 g/mol. The molecular formula is C15H24OS. The van der Waals surface area contributed by atoms with Crippen LogP contribution < -0.4 is 0 Å². The van der Waals surface area contributed by atoms with Crippen LogP contribution in [0.5, 0.6) is 0 Å². The zero-order valence-electron chi connectivity index (χ0n) is 11.1. The molecule has 1 N–H and O–H groups in total. The zero-order chi connectivity index (χ0) is 12.7. The number of aliphatic hydroxyl groups is 1. The number of hydrogen-bond acceptors (Lipinski definition) is 2. The van der Waals surface area contributed by atoms with Gasteiger partial charge in [0.15, 0.2) is 0 Å². The van der Waals surface area contributed by atoms with Gasteiger partial charge in [-0.3, -0.25) is 0 Å². The number of benzene rings is 1. The van der Waals surface area contributed by atoms with E-state index < -0.39 is 0 Å². The Morgan fingerprint density at radius 2 is 1.76 bits per heavy atom. The van der Waals surface area contributed by atoms with Crippen molar-refractivity contribution in [3.63, 3.8) is 0 Å². The van der Waals surface area contributed by atoms with Gasteiger partial charge in [0.2, 0.25) is 0 Å². The van der Waals surface area contributed by atoms with Gasteiger partial charge in [0.05, 0.1) is 6.10 Å². The van der Waals surface area contributed by atoms with E-state index in [1.807, 2.05) is 42.1 Å². The van der Waals surface area contributed by atoms with Gasteiger partial charge in [-0.25, -0.2) is 0 Å². The van der Waals surface area contributed by atoms with E-state index in [9.17, 15) is 5.11 Å². The summed E-state index contributed by atoms with van der Waals surface area (Å²) in [6.45, 7) is 6.74. The summed E-state index contributed by atoms with van der Waals surface area (Å²) in [6, 6.07) is 9.93. The minimum absolute atomic E-state index is 0.296. The third kappa shape index (κ3) is 6.75. The lowest BCUT2D eigenvalue weighted by atomic mass is 10.0. The molecule has 1 rings (SSSR count). The molecule has 2 heteroatoms. The van der Waals surface area contributed by atoms with Crippen LogP contribution in [0.15, 0.2) is 30.3 Å². The molecule has 0 spiro atoms. The lowest BCUT2D eigenvalue weighted by molar-refractivity contribution is 0.164. The van der Waals surface area contributed by atoms with Crippen molar-refractivity contribution in [2.75, 3.05) is 5.75 Å². The fourth-order valence-electron chi connectivity index (χ4n) is 1.66. The highest BCUT2D eigenvalue weighted by molar-refractivity contribution is 8.00. The van der Waals surface area contributed by atoms with Crippen molar-refractivity contribution in [3.8, 4) is 0 Å². The van der Waals surface area contributed by atoms with Crippen molar-refractivity contribution in [2.24, 2.45) is 0 Å². The smallest absolute Gasteiger partial charge is 0.0790 e. The standard InChI is InChI=1S/C15H24OS/c1-15(2,3)17-12-8-7-11-14(16)13-9-5-4-6-10-13/h4-6,9-10,14,16H,7-8,11-12H2,1-3H3. The minimum Gasteiger partial charge on any atom is -0.388 e. The normalized spacial score (nSPS) is 13.6. The van der Waals surface area contributed by atoms with Gasteiger partial charge < -0.3 is 5.11 Å². The molecule has 0 heterocycles. The molecule has 0 aliphatic heterocycles. The molecule has 0 aromatic heterocycles. The molecule has 0 aliphatic carbocycles. The van der Waals surface area contributed by atoms with E-state index >= 15 is 0 Å². The van der Waals surface area contributed by atoms with Crippen LogP contribution in [-0.2, 0) is 0 Å². The first-order valence-corrected chi connectivity index (χ1v) is 7.34. The Balaban J connectivity index is 2.15. The summed E-state index contributed by atoms with van der Waals surface area (Å²) in [4.78, 5) is 0. The van der Waals surface area contributed by atoms with Crippen molar-refractivity contribution < 1.29 is 5.11 Å². The fraction of sp³-hybridized carbons (Fsp3) is 0.600. The second-order valence-electron chi connectivity index (χ2n) is 5.38. The van der Waals surface area contributed by atoms with E-state index in [2.05, 4.69) is 20.8 Å². The molecule has 17 heavy (non-hydrogen) atoms. The molecule has 0 amide bonds. The second-order valence-corrected chi connectivity index (χ2v) is 7.30. The van der Waals surface area contributed by atoms with Gasteiger partial charge in [-0.2, -0.15) is 11.8 Å². The monoisotopic (exact) mass is 252 g/mol.